The van der Waals surface area contributed by atoms with Crippen LogP contribution in [0.3, 0.4) is 0 Å². The second-order valence-electron chi connectivity index (χ2n) is 3.85. The number of rotatable bonds is 6. The van der Waals surface area contributed by atoms with E-state index in [1.54, 1.807) is 0 Å². The monoisotopic (exact) mass is 291 g/mol. The highest BCUT2D eigenvalue weighted by Gasteiger charge is 2.22. The maximum atomic E-state index is 13.5. The van der Waals surface area contributed by atoms with Crippen LogP contribution in [0.1, 0.15) is 12.0 Å². The minimum atomic E-state index is -3.98. The van der Waals surface area contributed by atoms with Gasteiger partial charge in [-0.2, -0.15) is 0 Å². The van der Waals surface area contributed by atoms with E-state index in [0.29, 0.717) is 13.0 Å². The summed E-state index contributed by atoms with van der Waals surface area (Å²) in [6.45, 7) is 1.60. The third kappa shape index (κ3) is 3.69. The topological polar surface area (TPSA) is 115 Å². The lowest BCUT2D eigenvalue weighted by Crippen LogP contribution is -2.26. The van der Waals surface area contributed by atoms with Gasteiger partial charge in [0.25, 0.3) is 5.69 Å². The van der Waals surface area contributed by atoms with Crippen LogP contribution in [-0.2, 0) is 10.0 Å². The van der Waals surface area contributed by atoms with E-state index >= 15 is 0 Å². The fourth-order valence-electron chi connectivity index (χ4n) is 1.38. The molecule has 0 bridgehead atoms. The Balaban J connectivity index is 3.17. The predicted octanol–water partition coefficient (Wildman–Crippen LogP) is 0.669. The van der Waals surface area contributed by atoms with Crippen LogP contribution in [0.2, 0.25) is 0 Å². The molecule has 0 saturated carbocycles. The summed E-state index contributed by atoms with van der Waals surface area (Å²) in [5.74, 6) is -0.937. The number of nitro benzene ring substituents is 1. The molecule has 19 heavy (non-hydrogen) atoms. The van der Waals surface area contributed by atoms with Crippen LogP contribution >= 0.6 is 0 Å². The van der Waals surface area contributed by atoms with E-state index in [1.165, 1.54) is 6.92 Å². The summed E-state index contributed by atoms with van der Waals surface area (Å²) >= 11 is 0. The highest BCUT2D eigenvalue weighted by molar-refractivity contribution is 7.89. The average molecular weight is 291 g/mol. The van der Waals surface area contributed by atoms with Crippen molar-refractivity contribution in [3.05, 3.63) is 33.6 Å². The van der Waals surface area contributed by atoms with Crippen LogP contribution in [0, 0.1) is 22.9 Å². The van der Waals surface area contributed by atoms with Gasteiger partial charge in [-0.05, 0) is 26.0 Å². The van der Waals surface area contributed by atoms with Crippen molar-refractivity contribution in [1.82, 2.24) is 4.72 Å². The highest BCUT2D eigenvalue weighted by atomic mass is 32.2. The summed E-state index contributed by atoms with van der Waals surface area (Å²) in [7, 11) is -3.98. The Bertz CT molecular complexity index is 589. The number of halogens is 1. The van der Waals surface area contributed by atoms with Gasteiger partial charge < -0.3 is 5.73 Å². The van der Waals surface area contributed by atoms with E-state index in [9.17, 15) is 22.9 Å². The second kappa shape index (κ2) is 6.04. The van der Waals surface area contributed by atoms with Gasteiger partial charge in [0.05, 0.1) is 15.4 Å². The Kier molecular flexibility index (Phi) is 4.92. The zero-order valence-corrected chi connectivity index (χ0v) is 11.0. The first-order valence-electron chi connectivity index (χ1n) is 5.44. The quantitative estimate of drug-likeness (QED) is 0.454. The van der Waals surface area contributed by atoms with Gasteiger partial charge in [-0.3, -0.25) is 10.1 Å². The molecule has 0 fully saturated rings. The zero-order valence-electron chi connectivity index (χ0n) is 10.2. The van der Waals surface area contributed by atoms with Crippen molar-refractivity contribution in [1.29, 1.82) is 0 Å². The van der Waals surface area contributed by atoms with Gasteiger partial charge in [-0.1, -0.05) is 0 Å². The first-order chi connectivity index (χ1) is 8.79. The number of nitrogens with two attached hydrogens (primary N) is 1. The molecule has 1 aromatic rings. The van der Waals surface area contributed by atoms with Gasteiger partial charge in [0.1, 0.15) is 5.82 Å². The Labute approximate surface area is 109 Å². The Morgan fingerprint density at radius 2 is 2.11 bits per heavy atom. The molecule has 0 aromatic heterocycles. The maximum Gasteiger partial charge on any atom is 0.276 e. The first-order valence-corrected chi connectivity index (χ1v) is 6.92. The second-order valence-corrected chi connectivity index (χ2v) is 5.61. The number of sulfonamides is 1. The molecule has 0 aliphatic rings. The zero-order chi connectivity index (χ0) is 14.6. The van der Waals surface area contributed by atoms with Crippen molar-refractivity contribution >= 4 is 15.7 Å². The normalized spacial score (nSPS) is 11.5. The van der Waals surface area contributed by atoms with Crippen LogP contribution < -0.4 is 10.5 Å². The maximum absolute atomic E-state index is 13.5. The summed E-state index contributed by atoms with van der Waals surface area (Å²) in [6, 6.07) is 1.59. The number of hydrogen-bond acceptors (Lipinski definition) is 5. The molecule has 0 aliphatic carbocycles. The Morgan fingerprint density at radius 1 is 1.47 bits per heavy atom. The first kappa shape index (κ1) is 15.5. The number of nitro groups is 1. The molecule has 1 rings (SSSR count). The third-order valence-corrected chi connectivity index (χ3v) is 3.91. The fourth-order valence-corrected chi connectivity index (χ4v) is 2.48. The molecule has 0 radical (unpaired) electrons. The van der Waals surface area contributed by atoms with E-state index < -0.39 is 31.3 Å². The summed E-state index contributed by atoms with van der Waals surface area (Å²) in [5.41, 5.74) is 4.45. The molecular formula is C10H14FN3O4S. The lowest BCUT2D eigenvalue weighted by Gasteiger charge is -2.07. The molecule has 7 nitrogen and oxygen atoms in total. The van der Waals surface area contributed by atoms with Gasteiger partial charge >= 0.3 is 0 Å². The molecule has 0 atom stereocenters. The van der Waals surface area contributed by atoms with Crippen molar-refractivity contribution in [2.75, 3.05) is 13.1 Å². The van der Waals surface area contributed by atoms with E-state index in [1.807, 2.05) is 0 Å². The molecule has 9 heteroatoms. The van der Waals surface area contributed by atoms with Crippen LogP contribution in [0.25, 0.3) is 0 Å². The average Bonchev–Trinajstić information content (AvgIpc) is 2.32. The van der Waals surface area contributed by atoms with Crippen LogP contribution in [0.15, 0.2) is 17.0 Å². The van der Waals surface area contributed by atoms with Crippen molar-refractivity contribution in [3.63, 3.8) is 0 Å². The molecule has 3 N–H and O–H groups in total. The SMILES string of the molecule is Cc1c(F)cc(S(=O)(=O)NCCCN)cc1[N+](=O)[O-]. The Morgan fingerprint density at radius 3 is 2.63 bits per heavy atom. The summed E-state index contributed by atoms with van der Waals surface area (Å²) < 4.78 is 39.3. The van der Waals surface area contributed by atoms with Crippen molar-refractivity contribution in [2.45, 2.75) is 18.2 Å². The standard InChI is InChI=1S/C10H14FN3O4S/c1-7-9(11)5-8(6-10(7)14(15)16)19(17,18)13-4-2-3-12/h5-6,13H,2-4,12H2,1H3. The van der Waals surface area contributed by atoms with E-state index in [-0.39, 0.29) is 12.1 Å². The van der Waals surface area contributed by atoms with Crippen molar-refractivity contribution in [2.24, 2.45) is 5.73 Å². The number of hydrogen-bond donors (Lipinski definition) is 2. The smallest absolute Gasteiger partial charge is 0.276 e. The van der Waals surface area contributed by atoms with E-state index in [2.05, 4.69) is 4.72 Å². The molecule has 0 unspecified atom stereocenters. The number of benzene rings is 1. The highest BCUT2D eigenvalue weighted by Crippen LogP contribution is 2.25. The van der Waals surface area contributed by atoms with Crippen LogP contribution in [-0.4, -0.2) is 26.4 Å². The number of nitrogens with one attached hydrogen (secondary N) is 1. The number of nitrogens with zero attached hydrogens (tertiary/aromatic N) is 1. The van der Waals surface area contributed by atoms with Gasteiger partial charge in [0, 0.05) is 12.6 Å². The Hall–Kier alpha value is -1.58. The molecule has 0 heterocycles. The summed E-state index contributed by atoms with van der Waals surface area (Å²) in [6.07, 6.45) is 0.412. The predicted molar refractivity (Wildman–Crippen MR) is 66.7 cm³/mol. The van der Waals surface area contributed by atoms with Gasteiger partial charge in [0.2, 0.25) is 10.0 Å². The minimum absolute atomic E-state index is 0.0854. The van der Waals surface area contributed by atoms with Gasteiger partial charge in [-0.15, -0.1) is 0 Å². The molecular weight excluding hydrogens is 277 g/mol. The lowest BCUT2D eigenvalue weighted by molar-refractivity contribution is -0.385. The molecule has 0 saturated heterocycles. The largest absolute Gasteiger partial charge is 0.330 e. The van der Waals surface area contributed by atoms with Crippen molar-refractivity contribution in [3.8, 4) is 0 Å². The van der Waals surface area contributed by atoms with Crippen LogP contribution in [0.5, 0.6) is 0 Å². The van der Waals surface area contributed by atoms with E-state index in [4.69, 9.17) is 5.73 Å². The molecule has 0 amide bonds. The summed E-state index contributed by atoms with van der Waals surface area (Å²) in [5, 5.41) is 10.7. The third-order valence-electron chi connectivity index (χ3n) is 2.47. The fraction of sp³-hybridized carbons (Fsp3) is 0.400. The van der Waals surface area contributed by atoms with E-state index in [0.717, 1.165) is 12.1 Å². The lowest BCUT2D eigenvalue weighted by atomic mass is 10.2. The van der Waals surface area contributed by atoms with Gasteiger partial charge in [-0.25, -0.2) is 17.5 Å². The molecule has 0 aliphatic heterocycles. The van der Waals surface area contributed by atoms with Gasteiger partial charge in [0.15, 0.2) is 0 Å². The van der Waals surface area contributed by atoms with Crippen molar-refractivity contribution < 1.29 is 17.7 Å². The molecule has 1 aromatic carbocycles. The van der Waals surface area contributed by atoms with Crippen LogP contribution in [0.4, 0.5) is 10.1 Å². The molecule has 0 spiro atoms. The summed E-state index contributed by atoms with van der Waals surface area (Å²) in [4.78, 5) is 9.43. The minimum Gasteiger partial charge on any atom is -0.330 e. The molecule has 106 valence electrons.